The van der Waals surface area contributed by atoms with Gasteiger partial charge in [-0.05, 0) is 38.5 Å². The lowest BCUT2D eigenvalue weighted by Crippen LogP contribution is -2.42. The first-order chi connectivity index (χ1) is 20.9. The highest BCUT2D eigenvalue weighted by Crippen LogP contribution is 2.33. The molecule has 0 saturated carbocycles. The van der Waals surface area contributed by atoms with Gasteiger partial charge in [-0.15, -0.1) is 24.8 Å². The number of likely N-dealkylation sites (tertiary alicyclic amines) is 1. The van der Waals surface area contributed by atoms with Gasteiger partial charge in [0.1, 0.15) is 11.4 Å². The molecule has 0 bridgehead atoms. The normalized spacial score (nSPS) is 17.0. The quantitative estimate of drug-likeness (QED) is 0.290. The van der Waals surface area contributed by atoms with E-state index in [2.05, 4.69) is 39.1 Å². The Kier molecular flexibility index (Phi) is 14.1. The van der Waals surface area contributed by atoms with Crippen LogP contribution in [-0.2, 0) is 22.6 Å². The van der Waals surface area contributed by atoms with Crippen molar-refractivity contribution in [1.29, 1.82) is 0 Å². The third-order valence-corrected chi connectivity index (χ3v) is 7.19. The lowest BCUT2D eigenvalue weighted by Gasteiger charge is -2.24. The number of primary amides is 2. The maximum atomic E-state index is 13.5. The minimum Gasteiger partial charge on any atom is -0.444 e. The van der Waals surface area contributed by atoms with E-state index in [1.54, 1.807) is 16.7 Å². The predicted molar refractivity (Wildman–Crippen MR) is 181 cm³/mol. The van der Waals surface area contributed by atoms with E-state index < -0.39 is 17.7 Å². The topological polar surface area (TPSA) is 170 Å². The molecule has 15 heteroatoms. The van der Waals surface area contributed by atoms with Crippen LogP contribution in [0.2, 0.25) is 0 Å². The number of rotatable bonds is 7. The van der Waals surface area contributed by atoms with Crippen LogP contribution in [0.15, 0.2) is 60.7 Å². The molecule has 13 nitrogen and oxygen atoms in total. The van der Waals surface area contributed by atoms with Gasteiger partial charge in [0.25, 0.3) is 0 Å². The number of aromatic nitrogens is 2. The van der Waals surface area contributed by atoms with Crippen LogP contribution >= 0.6 is 24.8 Å². The van der Waals surface area contributed by atoms with Crippen LogP contribution in [0.4, 0.5) is 20.2 Å². The van der Waals surface area contributed by atoms with Crippen molar-refractivity contribution in [3.8, 4) is 5.69 Å². The molecular weight excluding hydrogens is 635 g/mol. The Morgan fingerprint density at radius 2 is 1.57 bits per heavy atom. The zero-order chi connectivity index (χ0) is 31.9. The SMILES string of the molecule is COCCN1C[C@@H](NC(=O)Nc2c3c(nn2-c2ccccc2)CN(C(=O)OC(C)(C)C)C3)[C@H](c2ccccc2)C1.Cl.Cl.NC(N)=O. The monoisotopic (exact) mass is 678 g/mol. The van der Waals surface area contributed by atoms with Gasteiger partial charge in [0.15, 0.2) is 0 Å². The molecule has 0 unspecified atom stereocenters. The van der Waals surface area contributed by atoms with Crippen LogP contribution in [0.5, 0.6) is 0 Å². The van der Waals surface area contributed by atoms with Gasteiger partial charge >= 0.3 is 18.2 Å². The maximum absolute atomic E-state index is 13.5. The molecule has 5 amide bonds. The fraction of sp³-hybridized carbons (Fsp3) is 0.419. The van der Waals surface area contributed by atoms with Crippen molar-refractivity contribution >= 4 is 48.8 Å². The van der Waals surface area contributed by atoms with E-state index in [0.717, 1.165) is 36.6 Å². The number of carbonyl (C=O) groups excluding carboxylic acids is 3. The molecule has 0 radical (unpaired) electrons. The van der Waals surface area contributed by atoms with Crippen molar-refractivity contribution in [3.63, 3.8) is 0 Å². The average molecular weight is 680 g/mol. The van der Waals surface area contributed by atoms with E-state index in [1.807, 2.05) is 69.3 Å². The molecule has 1 fully saturated rings. The number of nitrogens with one attached hydrogen (secondary N) is 2. The number of hydrogen-bond acceptors (Lipinski definition) is 7. The largest absolute Gasteiger partial charge is 0.444 e. The van der Waals surface area contributed by atoms with Crippen LogP contribution in [0.1, 0.15) is 43.5 Å². The Hall–Kier alpha value is -4.04. The second-order valence-corrected chi connectivity index (χ2v) is 11.7. The zero-order valence-electron chi connectivity index (χ0n) is 26.5. The first-order valence-corrected chi connectivity index (χ1v) is 14.5. The fourth-order valence-electron chi connectivity index (χ4n) is 5.34. The number of nitrogens with two attached hydrogens (primary N) is 2. The summed E-state index contributed by atoms with van der Waals surface area (Å²) in [5, 5.41) is 11.1. The molecule has 3 aromatic rings. The minimum atomic E-state index is -0.833. The summed E-state index contributed by atoms with van der Waals surface area (Å²) >= 11 is 0. The Balaban J connectivity index is 0.00000116. The summed E-state index contributed by atoms with van der Waals surface area (Å²) < 4.78 is 12.6. The summed E-state index contributed by atoms with van der Waals surface area (Å²) in [4.78, 5) is 39.2. The smallest absolute Gasteiger partial charge is 0.410 e. The number of methoxy groups -OCH3 is 1. The predicted octanol–water partition coefficient (Wildman–Crippen LogP) is 4.23. The number of para-hydroxylation sites is 1. The summed E-state index contributed by atoms with van der Waals surface area (Å²) in [5.41, 5.74) is 11.5. The van der Waals surface area contributed by atoms with Crippen LogP contribution < -0.4 is 22.1 Å². The number of hydrogen-bond donors (Lipinski definition) is 4. The van der Waals surface area contributed by atoms with Gasteiger partial charge in [-0.1, -0.05) is 48.5 Å². The van der Waals surface area contributed by atoms with Gasteiger partial charge in [0, 0.05) is 38.2 Å². The number of urea groups is 2. The molecule has 2 aliphatic heterocycles. The third-order valence-electron chi connectivity index (χ3n) is 7.19. The van der Waals surface area contributed by atoms with Gasteiger partial charge in [-0.3, -0.25) is 15.1 Å². The first kappa shape index (κ1) is 38.1. The summed E-state index contributed by atoms with van der Waals surface area (Å²) in [6.45, 7) is 9.13. The molecule has 0 aliphatic carbocycles. The Morgan fingerprint density at radius 1 is 0.957 bits per heavy atom. The van der Waals surface area contributed by atoms with Crippen molar-refractivity contribution < 1.29 is 23.9 Å². The molecule has 2 aliphatic rings. The standard InChI is InChI=1S/C30H38N6O4.CH4N2O.2ClH/c1-30(2,3)40-29(38)35-18-24-26(20-35)33-36(22-13-9-6-10-14-22)27(24)32-28(37)31-25-19-34(15-16-39-4)17-23(25)21-11-7-5-8-12-21;2-1(3)4;;/h5-14,23,25H,15-20H2,1-4H3,(H2,31,32,37);(H4,2,3,4);2*1H/t23-,25+;;;/m0.../s1. The Morgan fingerprint density at radius 3 is 2.15 bits per heavy atom. The minimum absolute atomic E-state index is 0. The molecule has 5 rings (SSSR count). The van der Waals surface area contributed by atoms with E-state index >= 15 is 0 Å². The maximum Gasteiger partial charge on any atom is 0.410 e. The molecule has 0 spiro atoms. The van der Waals surface area contributed by atoms with Crippen LogP contribution in [0, 0.1) is 0 Å². The van der Waals surface area contributed by atoms with Crippen molar-refractivity contribution in [2.75, 3.05) is 38.7 Å². The van der Waals surface area contributed by atoms with Gasteiger partial charge < -0.3 is 26.3 Å². The van der Waals surface area contributed by atoms with Crippen LogP contribution in [0.3, 0.4) is 0 Å². The van der Waals surface area contributed by atoms with E-state index in [-0.39, 0.29) is 42.8 Å². The number of nitrogens with zero attached hydrogens (tertiary/aromatic N) is 4. The zero-order valence-corrected chi connectivity index (χ0v) is 28.1. The van der Waals surface area contributed by atoms with Gasteiger partial charge in [-0.2, -0.15) is 5.10 Å². The van der Waals surface area contributed by atoms with Crippen LogP contribution in [-0.4, -0.2) is 82.7 Å². The van der Waals surface area contributed by atoms with Crippen molar-refractivity contribution in [1.82, 2.24) is 24.9 Å². The van der Waals surface area contributed by atoms with E-state index in [4.69, 9.17) is 19.4 Å². The van der Waals surface area contributed by atoms with Crippen molar-refractivity contribution in [3.05, 3.63) is 77.5 Å². The molecule has 6 N–H and O–H groups in total. The molecule has 2 aromatic carbocycles. The molecule has 3 heterocycles. The molecule has 1 saturated heterocycles. The number of fused-ring (bicyclic) bond motifs is 1. The van der Waals surface area contributed by atoms with Gasteiger partial charge in [0.05, 0.1) is 37.1 Å². The Bertz CT molecular complexity index is 1430. The molecule has 2 atom stereocenters. The van der Waals surface area contributed by atoms with Crippen molar-refractivity contribution in [2.24, 2.45) is 11.5 Å². The summed E-state index contributed by atoms with van der Waals surface area (Å²) in [6.07, 6.45) is -0.403. The lowest BCUT2D eigenvalue weighted by atomic mass is 9.94. The number of benzene rings is 2. The fourth-order valence-corrected chi connectivity index (χ4v) is 5.34. The highest BCUT2D eigenvalue weighted by Gasteiger charge is 2.36. The van der Waals surface area contributed by atoms with E-state index in [9.17, 15) is 9.59 Å². The highest BCUT2D eigenvalue weighted by atomic mass is 35.5. The van der Waals surface area contributed by atoms with Crippen molar-refractivity contribution in [2.45, 2.75) is 51.4 Å². The summed E-state index contributed by atoms with van der Waals surface area (Å²) in [7, 11) is 1.70. The third kappa shape index (κ3) is 10.2. The first-order valence-electron chi connectivity index (χ1n) is 14.5. The van der Waals surface area contributed by atoms with E-state index in [1.165, 1.54) is 5.56 Å². The lowest BCUT2D eigenvalue weighted by molar-refractivity contribution is 0.0239. The molecule has 252 valence electrons. The number of amides is 5. The number of halogens is 2. The highest BCUT2D eigenvalue weighted by molar-refractivity contribution is 5.90. The average Bonchev–Trinajstić information content (AvgIpc) is 3.66. The second kappa shape index (κ2) is 17.0. The van der Waals surface area contributed by atoms with Gasteiger partial charge in [0.2, 0.25) is 0 Å². The Labute approximate surface area is 281 Å². The van der Waals surface area contributed by atoms with Gasteiger partial charge in [-0.25, -0.2) is 19.1 Å². The summed E-state index contributed by atoms with van der Waals surface area (Å²) in [5.74, 6) is 0.700. The second-order valence-electron chi connectivity index (χ2n) is 11.7. The molecule has 46 heavy (non-hydrogen) atoms. The number of ether oxygens (including phenoxy) is 2. The van der Waals surface area contributed by atoms with E-state index in [0.29, 0.717) is 25.5 Å². The van der Waals surface area contributed by atoms with Crippen LogP contribution in [0.25, 0.3) is 5.69 Å². The number of anilines is 1. The molecule has 1 aromatic heterocycles. The molecular formula is C31H44Cl2N8O5. The summed E-state index contributed by atoms with van der Waals surface area (Å²) in [6, 6.07) is 18.7. The number of carbonyl (C=O) groups is 3.